The molecular formula is C19H24N2O2S. The molecule has 2 saturated heterocycles. The average molecular weight is 344 g/mol. The first-order valence-corrected chi connectivity index (χ1v) is 10.00. The van der Waals surface area contributed by atoms with Gasteiger partial charge in [0.2, 0.25) is 0 Å². The minimum atomic E-state index is -0.865. The first-order valence-electron chi connectivity index (χ1n) is 8.72. The van der Waals surface area contributed by atoms with Crippen LogP contribution in [0, 0.1) is 13.8 Å². The molecule has 2 aliphatic heterocycles. The predicted molar refractivity (Wildman–Crippen MR) is 95.7 cm³/mol. The Morgan fingerprint density at radius 2 is 1.92 bits per heavy atom. The number of hydrogen-bond acceptors (Lipinski definition) is 3. The van der Waals surface area contributed by atoms with E-state index in [4.69, 9.17) is 0 Å². The molecule has 4 rings (SSSR count). The molecule has 1 aromatic heterocycles. The molecule has 5 heteroatoms. The molecule has 0 spiro atoms. The third-order valence-corrected chi connectivity index (χ3v) is 7.60. The summed E-state index contributed by atoms with van der Waals surface area (Å²) in [4.78, 5) is 0. The second kappa shape index (κ2) is 5.81. The molecular weight excluding hydrogens is 320 g/mol. The van der Waals surface area contributed by atoms with E-state index in [0.717, 1.165) is 41.9 Å². The Kier molecular flexibility index (Phi) is 3.88. The van der Waals surface area contributed by atoms with Crippen molar-refractivity contribution in [3.63, 3.8) is 0 Å². The highest BCUT2D eigenvalue weighted by Crippen LogP contribution is 2.44. The highest BCUT2D eigenvalue weighted by Gasteiger charge is 2.46. The van der Waals surface area contributed by atoms with Gasteiger partial charge in [-0.1, -0.05) is 18.6 Å². The fourth-order valence-electron chi connectivity index (χ4n) is 4.34. The zero-order chi connectivity index (χ0) is 16.9. The maximum absolute atomic E-state index is 12.4. The molecule has 128 valence electrons. The monoisotopic (exact) mass is 344 g/mol. The standard InChI is InChI=1S/C19H24N2O2S/c1-13-9-14(2)21(20-13)16-6-3-5-15(10-16)19(22)11-17-7-4-8-18(12-19)24(17)23/h3,5-6,9-10,17-18,22H,4,7-8,11-12H2,1-2H3. The number of rotatable bonds is 2. The molecule has 0 saturated carbocycles. The third-order valence-electron chi connectivity index (χ3n) is 5.48. The second-order valence-electron chi connectivity index (χ2n) is 7.33. The van der Waals surface area contributed by atoms with Gasteiger partial charge in [0.25, 0.3) is 0 Å². The van der Waals surface area contributed by atoms with E-state index in [0.29, 0.717) is 12.8 Å². The molecule has 3 heterocycles. The summed E-state index contributed by atoms with van der Waals surface area (Å²) in [5.41, 5.74) is 3.11. The molecule has 2 aliphatic rings. The Balaban J connectivity index is 1.71. The van der Waals surface area contributed by atoms with E-state index in [9.17, 15) is 9.32 Å². The number of aryl methyl sites for hydroxylation is 2. The molecule has 2 bridgehead atoms. The molecule has 4 nitrogen and oxygen atoms in total. The van der Waals surface area contributed by atoms with Crippen LogP contribution in [0.4, 0.5) is 0 Å². The lowest BCUT2D eigenvalue weighted by Crippen LogP contribution is -2.47. The molecule has 0 aliphatic carbocycles. The summed E-state index contributed by atoms with van der Waals surface area (Å²) >= 11 is 0. The zero-order valence-electron chi connectivity index (χ0n) is 14.2. The van der Waals surface area contributed by atoms with Crippen LogP contribution < -0.4 is 0 Å². The molecule has 24 heavy (non-hydrogen) atoms. The van der Waals surface area contributed by atoms with Crippen LogP contribution in [0.5, 0.6) is 0 Å². The maximum atomic E-state index is 12.4. The van der Waals surface area contributed by atoms with Gasteiger partial charge in [-0.05, 0) is 63.3 Å². The Hall–Kier alpha value is -1.46. The fraction of sp³-hybridized carbons (Fsp3) is 0.526. The number of aromatic nitrogens is 2. The SMILES string of the molecule is Cc1cc(C)n(-c2cccc(C3(O)CC4CCCC(C3)S4=O)c2)n1. The van der Waals surface area contributed by atoms with Crippen LogP contribution in [0.2, 0.25) is 0 Å². The van der Waals surface area contributed by atoms with Crippen molar-refractivity contribution in [2.75, 3.05) is 0 Å². The van der Waals surface area contributed by atoms with Crippen LogP contribution in [0.25, 0.3) is 5.69 Å². The van der Waals surface area contributed by atoms with E-state index < -0.39 is 16.4 Å². The van der Waals surface area contributed by atoms with Crippen LogP contribution in [-0.4, -0.2) is 29.6 Å². The lowest BCUT2D eigenvalue weighted by molar-refractivity contribution is 0.00653. The van der Waals surface area contributed by atoms with Gasteiger partial charge >= 0.3 is 0 Å². The first kappa shape index (κ1) is 16.0. The van der Waals surface area contributed by atoms with Crippen LogP contribution in [0.15, 0.2) is 30.3 Å². The summed E-state index contributed by atoms with van der Waals surface area (Å²) < 4.78 is 14.4. The summed E-state index contributed by atoms with van der Waals surface area (Å²) in [7, 11) is -0.776. The molecule has 2 atom stereocenters. The highest BCUT2D eigenvalue weighted by molar-refractivity contribution is 7.86. The van der Waals surface area contributed by atoms with Gasteiger partial charge in [0.05, 0.1) is 17.0 Å². The molecule has 1 aromatic carbocycles. The van der Waals surface area contributed by atoms with Crippen LogP contribution >= 0.6 is 0 Å². The molecule has 1 N–H and O–H groups in total. The van der Waals surface area contributed by atoms with Crippen molar-refractivity contribution in [3.8, 4) is 5.69 Å². The van der Waals surface area contributed by atoms with Crippen LogP contribution in [0.1, 0.15) is 49.1 Å². The van der Waals surface area contributed by atoms with E-state index in [-0.39, 0.29) is 10.5 Å². The number of benzene rings is 1. The lowest BCUT2D eigenvalue weighted by atomic mass is 9.80. The van der Waals surface area contributed by atoms with Crippen LogP contribution in [-0.2, 0) is 16.4 Å². The lowest BCUT2D eigenvalue weighted by Gasteiger charge is -2.43. The van der Waals surface area contributed by atoms with Gasteiger partial charge in [0, 0.05) is 27.0 Å². The van der Waals surface area contributed by atoms with Gasteiger partial charge in [-0.25, -0.2) is 4.68 Å². The number of aliphatic hydroxyl groups is 1. The smallest absolute Gasteiger partial charge is 0.0920 e. The highest BCUT2D eigenvalue weighted by atomic mass is 32.2. The molecule has 2 fully saturated rings. The molecule has 2 aromatic rings. The van der Waals surface area contributed by atoms with E-state index in [2.05, 4.69) is 11.2 Å². The summed E-state index contributed by atoms with van der Waals surface area (Å²) in [6, 6.07) is 10.1. The van der Waals surface area contributed by atoms with E-state index >= 15 is 0 Å². The van der Waals surface area contributed by atoms with Gasteiger partial charge in [-0.3, -0.25) is 4.21 Å². The largest absolute Gasteiger partial charge is 0.385 e. The van der Waals surface area contributed by atoms with Crippen LogP contribution in [0.3, 0.4) is 0 Å². The van der Waals surface area contributed by atoms with Crippen molar-refractivity contribution >= 4 is 10.8 Å². The maximum Gasteiger partial charge on any atom is 0.0920 e. The van der Waals surface area contributed by atoms with Crippen molar-refractivity contribution < 1.29 is 9.32 Å². The van der Waals surface area contributed by atoms with Crippen molar-refractivity contribution in [2.24, 2.45) is 0 Å². The molecule has 0 amide bonds. The Morgan fingerprint density at radius 3 is 2.54 bits per heavy atom. The van der Waals surface area contributed by atoms with Gasteiger partial charge in [-0.15, -0.1) is 0 Å². The first-order chi connectivity index (χ1) is 11.5. The zero-order valence-corrected chi connectivity index (χ0v) is 15.1. The molecule has 2 unspecified atom stereocenters. The summed E-state index contributed by atoms with van der Waals surface area (Å²) in [6.07, 6.45) is 4.31. The number of fused-ring (bicyclic) bond motifs is 2. The summed E-state index contributed by atoms with van der Waals surface area (Å²) in [5.74, 6) is 0. The third kappa shape index (κ3) is 2.64. The minimum absolute atomic E-state index is 0.139. The Bertz CT molecular complexity index is 782. The summed E-state index contributed by atoms with van der Waals surface area (Å²) in [5, 5.41) is 16.2. The van der Waals surface area contributed by atoms with Gasteiger partial charge < -0.3 is 5.11 Å². The van der Waals surface area contributed by atoms with Crippen molar-refractivity contribution in [1.82, 2.24) is 9.78 Å². The number of hydrogen-bond donors (Lipinski definition) is 1. The Morgan fingerprint density at radius 1 is 1.21 bits per heavy atom. The minimum Gasteiger partial charge on any atom is -0.385 e. The number of nitrogens with zero attached hydrogens (tertiary/aromatic N) is 2. The Labute approximate surface area is 145 Å². The normalized spacial score (nSPS) is 32.7. The summed E-state index contributed by atoms with van der Waals surface area (Å²) in [6.45, 7) is 4.02. The van der Waals surface area contributed by atoms with Crippen molar-refractivity contribution in [1.29, 1.82) is 0 Å². The van der Waals surface area contributed by atoms with Gasteiger partial charge in [0.15, 0.2) is 0 Å². The van der Waals surface area contributed by atoms with Gasteiger partial charge in [0.1, 0.15) is 0 Å². The van der Waals surface area contributed by atoms with E-state index in [1.54, 1.807) is 0 Å². The van der Waals surface area contributed by atoms with E-state index in [1.165, 1.54) is 0 Å². The average Bonchev–Trinajstić information content (AvgIpc) is 2.88. The quantitative estimate of drug-likeness (QED) is 0.910. The van der Waals surface area contributed by atoms with E-state index in [1.807, 2.05) is 42.8 Å². The predicted octanol–water partition coefficient (Wildman–Crippen LogP) is 3.14. The van der Waals surface area contributed by atoms with Crippen molar-refractivity contribution in [2.45, 2.75) is 62.1 Å². The fourth-order valence-corrected chi connectivity index (χ4v) is 6.56. The van der Waals surface area contributed by atoms with Gasteiger partial charge in [-0.2, -0.15) is 5.10 Å². The topological polar surface area (TPSA) is 55.1 Å². The van der Waals surface area contributed by atoms with Crippen molar-refractivity contribution in [3.05, 3.63) is 47.3 Å². The second-order valence-corrected chi connectivity index (χ2v) is 9.32. The molecule has 0 radical (unpaired) electrons.